The molecule has 0 unspecified atom stereocenters. The van der Waals surface area contributed by atoms with Crippen molar-refractivity contribution in [3.05, 3.63) is 59.5 Å². The van der Waals surface area contributed by atoms with Crippen molar-refractivity contribution in [3.63, 3.8) is 0 Å². The summed E-state index contributed by atoms with van der Waals surface area (Å²) >= 11 is 6.07. The van der Waals surface area contributed by atoms with Crippen molar-refractivity contribution in [3.8, 4) is 0 Å². The Bertz CT molecular complexity index is 1110. The van der Waals surface area contributed by atoms with Crippen LogP contribution in [0.1, 0.15) is 31.0 Å². The van der Waals surface area contributed by atoms with Crippen LogP contribution in [0.5, 0.6) is 0 Å². The average molecular weight is 424 g/mol. The number of amides is 2. The molecule has 0 N–H and O–H groups in total. The molecule has 2 aromatic heterocycles. The summed E-state index contributed by atoms with van der Waals surface area (Å²) in [6.07, 6.45) is 4.08. The molecule has 4 heterocycles. The summed E-state index contributed by atoms with van der Waals surface area (Å²) in [5.41, 5.74) is 1.56. The van der Waals surface area contributed by atoms with Gasteiger partial charge in [0.1, 0.15) is 5.82 Å². The molecule has 2 amide bonds. The van der Waals surface area contributed by atoms with E-state index in [1.807, 2.05) is 45.8 Å². The first-order valence-corrected chi connectivity index (χ1v) is 10.6. The number of aromatic nitrogens is 3. The molecule has 2 aliphatic heterocycles. The highest BCUT2D eigenvalue weighted by molar-refractivity contribution is 6.31. The normalized spacial score (nSPS) is 22.1. The van der Waals surface area contributed by atoms with Gasteiger partial charge >= 0.3 is 0 Å². The highest BCUT2D eigenvalue weighted by Crippen LogP contribution is 2.31. The molecule has 2 atom stereocenters. The standard InChI is InChI=1S/C22H22ClN5O2/c23-17-6-3-7-18(12-17)28-14-16(11-20(28)29)22(30)26-9-4-5-15(13-26)21-25-24-19-8-1-2-10-27(19)21/h1-3,6-8,10,12,15-16H,4-5,9,11,13-14H2/t15-,16-/m0/s1. The molecule has 30 heavy (non-hydrogen) atoms. The second-order valence-electron chi connectivity index (χ2n) is 8.00. The van der Waals surface area contributed by atoms with E-state index in [-0.39, 0.29) is 30.1 Å². The van der Waals surface area contributed by atoms with Gasteiger partial charge in [-0.25, -0.2) is 0 Å². The van der Waals surface area contributed by atoms with Crippen LogP contribution in [-0.4, -0.2) is 50.9 Å². The van der Waals surface area contributed by atoms with Crippen LogP contribution >= 0.6 is 11.6 Å². The number of rotatable bonds is 3. The van der Waals surface area contributed by atoms with E-state index in [1.54, 1.807) is 17.0 Å². The van der Waals surface area contributed by atoms with Gasteiger partial charge in [0.05, 0.1) is 5.92 Å². The van der Waals surface area contributed by atoms with Gasteiger partial charge in [-0.2, -0.15) is 0 Å². The molecule has 2 aliphatic rings. The average Bonchev–Trinajstić information content (AvgIpc) is 3.37. The minimum Gasteiger partial charge on any atom is -0.342 e. The number of piperidine rings is 1. The fourth-order valence-corrected chi connectivity index (χ4v) is 4.74. The number of carbonyl (C=O) groups excluding carboxylic acids is 2. The van der Waals surface area contributed by atoms with Crippen molar-refractivity contribution in [2.24, 2.45) is 5.92 Å². The highest BCUT2D eigenvalue weighted by Gasteiger charge is 2.39. The van der Waals surface area contributed by atoms with Crippen molar-refractivity contribution in [1.29, 1.82) is 0 Å². The quantitative estimate of drug-likeness (QED) is 0.648. The molecular formula is C22H22ClN5O2. The fourth-order valence-electron chi connectivity index (χ4n) is 4.55. The van der Waals surface area contributed by atoms with Crippen LogP contribution in [0.15, 0.2) is 48.7 Å². The smallest absolute Gasteiger partial charge is 0.228 e. The summed E-state index contributed by atoms with van der Waals surface area (Å²) in [4.78, 5) is 29.4. The van der Waals surface area contributed by atoms with E-state index >= 15 is 0 Å². The van der Waals surface area contributed by atoms with E-state index in [9.17, 15) is 9.59 Å². The van der Waals surface area contributed by atoms with Gasteiger partial charge in [0.2, 0.25) is 11.8 Å². The molecule has 2 saturated heterocycles. The second-order valence-corrected chi connectivity index (χ2v) is 8.43. The molecule has 0 aliphatic carbocycles. The molecule has 3 aromatic rings. The topological polar surface area (TPSA) is 70.8 Å². The van der Waals surface area contributed by atoms with Crippen molar-refractivity contribution < 1.29 is 9.59 Å². The van der Waals surface area contributed by atoms with E-state index in [2.05, 4.69) is 10.2 Å². The summed E-state index contributed by atoms with van der Waals surface area (Å²) in [6, 6.07) is 13.0. The lowest BCUT2D eigenvalue weighted by molar-refractivity contribution is -0.137. The van der Waals surface area contributed by atoms with E-state index in [4.69, 9.17) is 11.6 Å². The van der Waals surface area contributed by atoms with E-state index in [1.165, 1.54) is 0 Å². The van der Waals surface area contributed by atoms with Crippen LogP contribution < -0.4 is 4.90 Å². The van der Waals surface area contributed by atoms with Crippen LogP contribution in [0.2, 0.25) is 5.02 Å². The van der Waals surface area contributed by atoms with Crippen molar-refractivity contribution in [2.75, 3.05) is 24.5 Å². The maximum absolute atomic E-state index is 13.2. The summed E-state index contributed by atoms with van der Waals surface area (Å²) in [5, 5.41) is 9.21. The predicted octanol–water partition coefficient (Wildman–Crippen LogP) is 3.14. The molecule has 1 aromatic carbocycles. The Hall–Kier alpha value is -2.93. The molecule has 0 radical (unpaired) electrons. The number of benzene rings is 1. The number of fused-ring (bicyclic) bond motifs is 1. The third-order valence-electron chi connectivity index (χ3n) is 6.03. The van der Waals surface area contributed by atoms with Crippen LogP contribution in [0.4, 0.5) is 5.69 Å². The van der Waals surface area contributed by atoms with E-state index in [0.29, 0.717) is 24.7 Å². The van der Waals surface area contributed by atoms with Crippen molar-refractivity contribution >= 4 is 34.7 Å². The van der Waals surface area contributed by atoms with Gasteiger partial charge in [-0.15, -0.1) is 10.2 Å². The molecule has 0 spiro atoms. The van der Waals surface area contributed by atoms with Crippen molar-refractivity contribution in [2.45, 2.75) is 25.2 Å². The first-order valence-electron chi connectivity index (χ1n) is 10.2. The molecule has 7 nitrogen and oxygen atoms in total. The summed E-state index contributed by atoms with van der Waals surface area (Å²) in [7, 11) is 0. The second kappa shape index (κ2) is 7.72. The summed E-state index contributed by atoms with van der Waals surface area (Å²) in [5.74, 6) is 0.719. The van der Waals surface area contributed by atoms with Gasteiger partial charge in [0, 0.05) is 48.9 Å². The Morgan fingerprint density at radius 2 is 2.00 bits per heavy atom. The summed E-state index contributed by atoms with van der Waals surface area (Å²) in [6.45, 7) is 1.72. The number of pyridine rings is 1. The monoisotopic (exact) mass is 423 g/mol. The van der Waals surface area contributed by atoms with Crippen LogP contribution in [-0.2, 0) is 9.59 Å². The van der Waals surface area contributed by atoms with E-state index < -0.39 is 0 Å². The zero-order valence-corrected chi connectivity index (χ0v) is 17.2. The Morgan fingerprint density at radius 1 is 1.10 bits per heavy atom. The zero-order valence-electron chi connectivity index (χ0n) is 16.4. The molecule has 0 bridgehead atoms. The number of hydrogen-bond acceptors (Lipinski definition) is 4. The molecule has 8 heteroatoms. The molecule has 5 rings (SSSR count). The Kier molecular flexibility index (Phi) is 4.90. The lowest BCUT2D eigenvalue weighted by Crippen LogP contribution is -2.43. The lowest BCUT2D eigenvalue weighted by atomic mass is 9.95. The van der Waals surface area contributed by atoms with Crippen molar-refractivity contribution in [1.82, 2.24) is 19.5 Å². The van der Waals surface area contributed by atoms with Crippen LogP contribution in [0.25, 0.3) is 5.65 Å². The van der Waals surface area contributed by atoms with Gasteiger partial charge in [-0.05, 0) is 43.2 Å². The number of likely N-dealkylation sites (tertiary alicyclic amines) is 1. The Morgan fingerprint density at radius 3 is 2.87 bits per heavy atom. The minimum absolute atomic E-state index is 0.0346. The maximum atomic E-state index is 13.2. The third kappa shape index (κ3) is 3.43. The van der Waals surface area contributed by atoms with Crippen LogP contribution in [0.3, 0.4) is 0 Å². The Labute approximate surface area is 179 Å². The Balaban J connectivity index is 1.31. The summed E-state index contributed by atoms with van der Waals surface area (Å²) < 4.78 is 2.00. The number of carbonyl (C=O) groups is 2. The molecule has 154 valence electrons. The van der Waals surface area contributed by atoms with E-state index in [0.717, 1.165) is 30.0 Å². The largest absolute Gasteiger partial charge is 0.342 e. The van der Waals surface area contributed by atoms with Crippen LogP contribution in [0, 0.1) is 5.92 Å². The predicted molar refractivity (Wildman–Crippen MR) is 113 cm³/mol. The number of hydrogen-bond donors (Lipinski definition) is 0. The maximum Gasteiger partial charge on any atom is 0.228 e. The fraction of sp³-hybridized carbons (Fsp3) is 0.364. The number of halogens is 1. The number of nitrogens with zero attached hydrogens (tertiary/aromatic N) is 5. The molecular weight excluding hydrogens is 402 g/mol. The number of anilines is 1. The van der Waals surface area contributed by atoms with Gasteiger partial charge < -0.3 is 9.80 Å². The van der Waals surface area contributed by atoms with Gasteiger partial charge in [0.25, 0.3) is 0 Å². The molecule has 2 fully saturated rings. The SMILES string of the molecule is O=C([C@H]1CC(=O)N(c2cccc(Cl)c2)C1)N1CCC[C@H](c2nnc3ccccn23)C1. The first-order chi connectivity index (χ1) is 14.6. The lowest BCUT2D eigenvalue weighted by Gasteiger charge is -2.33. The molecule has 0 saturated carbocycles. The van der Waals surface area contributed by atoms with Gasteiger partial charge in [-0.3, -0.25) is 14.0 Å². The third-order valence-corrected chi connectivity index (χ3v) is 6.27. The highest BCUT2D eigenvalue weighted by atomic mass is 35.5. The van der Waals surface area contributed by atoms with Gasteiger partial charge in [-0.1, -0.05) is 23.7 Å². The zero-order chi connectivity index (χ0) is 20.7. The van der Waals surface area contributed by atoms with Gasteiger partial charge in [0.15, 0.2) is 5.65 Å². The minimum atomic E-state index is -0.328. The first kappa shape index (κ1) is 19.1.